The summed E-state index contributed by atoms with van der Waals surface area (Å²) in [6.45, 7) is 12.2. The van der Waals surface area contributed by atoms with Crippen LogP contribution in [0.2, 0.25) is 0 Å². The molecule has 214 valence electrons. The first-order chi connectivity index (χ1) is 19.5. The van der Waals surface area contributed by atoms with E-state index in [2.05, 4.69) is 16.4 Å². The number of carbonyl (C=O) groups excluding carboxylic acids is 2. The minimum absolute atomic E-state index is 0.0870. The summed E-state index contributed by atoms with van der Waals surface area (Å²) in [4.78, 5) is 39.8. The number of hydrogen-bond acceptors (Lipinski definition) is 7. The third-order valence-corrected chi connectivity index (χ3v) is 7.18. The lowest BCUT2D eigenvalue weighted by Crippen LogP contribution is -2.51. The highest BCUT2D eigenvalue weighted by molar-refractivity contribution is 6.00. The van der Waals surface area contributed by atoms with Crippen LogP contribution in [-0.4, -0.2) is 46.1 Å². The van der Waals surface area contributed by atoms with Gasteiger partial charge in [-0.2, -0.15) is 4.99 Å². The van der Waals surface area contributed by atoms with Gasteiger partial charge in [0.25, 0.3) is 11.9 Å². The molecule has 9 nitrogen and oxygen atoms in total. The van der Waals surface area contributed by atoms with Crippen molar-refractivity contribution < 1.29 is 19.1 Å². The molecule has 0 radical (unpaired) electrons. The highest BCUT2D eigenvalue weighted by atomic mass is 16.6. The molecule has 0 bridgehead atoms. The number of benzene rings is 2. The highest BCUT2D eigenvalue weighted by Crippen LogP contribution is 2.37. The first-order valence-electron chi connectivity index (χ1n) is 14.0. The summed E-state index contributed by atoms with van der Waals surface area (Å²) >= 11 is 0. The number of hydrogen-bond donors (Lipinski definition) is 1. The fourth-order valence-corrected chi connectivity index (χ4v) is 5.30. The average Bonchev–Trinajstić information content (AvgIpc) is 2.93. The van der Waals surface area contributed by atoms with Crippen LogP contribution in [0.1, 0.15) is 62.9 Å². The summed E-state index contributed by atoms with van der Waals surface area (Å²) in [5.74, 6) is 0.518. The molecule has 9 heteroatoms. The molecule has 1 unspecified atom stereocenters. The van der Waals surface area contributed by atoms with Crippen molar-refractivity contribution in [2.24, 2.45) is 4.99 Å². The molecule has 0 saturated carbocycles. The molecule has 2 amide bonds. The maximum Gasteiger partial charge on any atom is 0.412 e. The van der Waals surface area contributed by atoms with Gasteiger partial charge in [-0.25, -0.2) is 9.78 Å². The number of ether oxygens (including phenoxy) is 2. The lowest BCUT2D eigenvalue weighted by molar-refractivity contribution is -0.123. The molecular weight excluding hydrogens is 518 g/mol. The predicted molar refractivity (Wildman–Crippen MR) is 159 cm³/mol. The molecule has 0 saturated heterocycles. The standard InChI is InChI=1S/C32H37N5O4/c1-20(2)37(27-13-9-10-17-33-27)29(38)28-23-12-8-7-11-22(23)16-18-36(28)30-34-26-15-14-25(21(3)24(26)19-40-30)35-31(39)41-32(4,5)6/h7-15,17,20,28H,16,18-19H2,1-6H3,(H,35,39). The van der Waals surface area contributed by atoms with Crippen molar-refractivity contribution in [2.45, 2.75) is 72.3 Å². The zero-order chi connectivity index (χ0) is 29.3. The number of rotatable bonds is 4. The molecule has 1 N–H and O–H groups in total. The first-order valence-corrected chi connectivity index (χ1v) is 14.0. The van der Waals surface area contributed by atoms with Gasteiger partial charge in [-0.05, 0) is 88.9 Å². The number of pyridine rings is 1. The van der Waals surface area contributed by atoms with Gasteiger partial charge in [-0.1, -0.05) is 30.3 Å². The highest BCUT2D eigenvalue weighted by Gasteiger charge is 2.40. The van der Waals surface area contributed by atoms with E-state index in [0.29, 0.717) is 24.1 Å². The fourth-order valence-electron chi connectivity index (χ4n) is 5.30. The lowest BCUT2D eigenvalue weighted by atomic mass is 9.91. The maximum atomic E-state index is 14.4. The maximum absolute atomic E-state index is 14.4. The molecule has 3 aromatic rings. The first kappa shape index (κ1) is 28.1. The second-order valence-electron chi connectivity index (χ2n) is 11.6. The summed E-state index contributed by atoms with van der Waals surface area (Å²) in [6.07, 6.45) is 1.94. The number of anilines is 2. The van der Waals surface area contributed by atoms with Gasteiger partial charge >= 0.3 is 6.09 Å². The summed E-state index contributed by atoms with van der Waals surface area (Å²) in [5, 5.41) is 2.83. The zero-order valence-corrected chi connectivity index (χ0v) is 24.5. The minimum Gasteiger partial charge on any atom is -0.460 e. The smallest absolute Gasteiger partial charge is 0.412 e. The van der Waals surface area contributed by atoms with Crippen LogP contribution in [0.4, 0.5) is 22.0 Å². The molecule has 5 rings (SSSR count). The van der Waals surface area contributed by atoms with Crippen molar-refractivity contribution in [3.05, 3.63) is 83.0 Å². The van der Waals surface area contributed by atoms with Crippen molar-refractivity contribution in [3.8, 4) is 0 Å². The van der Waals surface area contributed by atoms with Gasteiger partial charge in [0.15, 0.2) is 0 Å². The van der Waals surface area contributed by atoms with Gasteiger partial charge in [0.2, 0.25) is 0 Å². The van der Waals surface area contributed by atoms with Crippen molar-refractivity contribution >= 4 is 35.2 Å². The molecule has 0 aliphatic carbocycles. The Bertz CT molecular complexity index is 1480. The van der Waals surface area contributed by atoms with Crippen LogP contribution < -0.4 is 10.2 Å². The topological polar surface area (TPSA) is 96.4 Å². The van der Waals surface area contributed by atoms with E-state index in [-0.39, 0.29) is 18.6 Å². The average molecular weight is 556 g/mol. The van der Waals surface area contributed by atoms with Crippen LogP contribution >= 0.6 is 0 Å². The van der Waals surface area contributed by atoms with Crippen LogP contribution in [0.25, 0.3) is 0 Å². The lowest BCUT2D eigenvalue weighted by Gasteiger charge is -2.41. The van der Waals surface area contributed by atoms with Crippen LogP contribution in [0.3, 0.4) is 0 Å². The Kier molecular flexibility index (Phi) is 7.71. The van der Waals surface area contributed by atoms with Gasteiger partial charge < -0.3 is 14.4 Å². The number of nitrogens with zero attached hydrogens (tertiary/aromatic N) is 4. The molecule has 1 atom stereocenters. The van der Waals surface area contributed by atoms with Gasteiger partial charge in [0.05, 0.1) is 5.69 Å². The second kappa shape index (κ2) is 11.2. The molecule has 0 spiro atoms. The van der Waals surface area contributed by atoms with E-state index < -0.39 is 17.7 Å². The second-order valence-corrected chi connectivity index (χ2v) is 11.6. The summed E-state index contributed by atoms with van der Waals surface area (Å²) in [5.41, 5.74) is 4.59. The van der Waals surface area contributed by atoms with E-state index in [0.717, 1.165) is 34.4 Å². The molecule has 2 aliphatic rings. The van der Waals surface area contributed by atoms with Crippen LogP contribution in [0.15, 0.2) is 65.8 Å². The molecule has 41 heavy (non-hydrogen) atoms. The number of amidine groups is 1. The summed E-state index contributed by atoms with van der Waals surface area (Å²) in [6, 6.07) is 17.0. The van der Waals surface area contributed by atoms with Gasteiger partial charge in [0.1, 0.15) is 24.1 Å². The minimum atomic E-state index is -0.626. The van der Waals surface area contributed by atoms with E-state index in [4.69, 9.17) is 14.5 Å². The van der Waals surface area contributed by atoms with Crippen molar-refractivity contribution in [1.82, 2.24) is 9.88 Å². The Balaban J connectivity index is 1.49. The number of aliphatic imine (C=N–C) groups is 1. The van der Waals surface area contributed by atoms with Gasteiger partial charge in [-0.3, -0.25) is 15.0 Å². The Morgan fingerprint density at radius 1 is 1.10 bits per heavy atom. The van der Waals surface area contributed by atoms with Crippen LogP contribution in [0.5, 0.6) is 0 Å². The third kappa shape index (κ3) is 5.89. The van der Waals surface area contributed by atoms with Crippen molar-refractivity contribution in [3.63, 3.8) is 0 Å². The largest absolute Gasteiger partial charge is 0.460 e. The number of aromatic nitrogens is 1. The number of nitrogens with one attached hydrogen (secondary N) is 1. The molecule has 2 aromatic carbocycles. The zero-order valence-electron chi connectivity index (χ0n) is 24.5. The van der Waals surface area contributed by atoms with Crippen LogP contribution in [0, 0.1) is 6.92 Å². The monoisotopic (exact) mass is 555 g/mol. The Morgan fingerprint density at radius 2 is 1.85 bits per heavy atom. The quantitative estimate of drug-likeness (QED) is 0.406. The third-order valence-electron chi connectivity index (χ3n) is 7.18. The molecule has 0 fully saturated rings. The Hall–Kier alpha value is -4.40. The van der Waals surface area contributed by atoms with E-state index in [1.165, 1.54) is 0 Å². The van der Waals surface area contributed by atoms with Crippen LogP contribution in [-0.2, 0) is 27.3 Å². The van der Waals surface area contributed by atoms with E-state index in [1.807, 2.05) is 95.0 Å². The molecule has 1 aromatic heterocycles. The van der Waals surface area contributed by atoms with E-state index in [9.17, 15) is 9.59 Å². The summed E-state index contributed by atoms with van der Waals surface area (Å²) in [7, 11) is 0. The summed E-state index contributed by atoms with van der Waals surface area (Å²) < 4.78 is 11.7. The van der Waals surface area contributed by atoms with Crippen molar-refractivity contribution in [1.29, 1.82) is 0 Å². The normalized spacial score (nSPS) is 16.2. The molecular formula is C32H37N5O4. The molecule has 3 heterocycles. The van der Waals surface area contributed by atoms with E-state index in [1.54, 1.807) is 11.1 Å². The number of carbonyl (C=O) groups is 2. The number of amides is 2. The SMILES string of the molecule is Cc1c(NC(=O)OC(C)(C)C)ccc2c1COC(N1CCc3ccccc3C1C(=O)N(c1ccccn1)C(C)C)=N2. The Labute approximate surface area is 241 Å². The Morgan fingerprint density at radius 3 is 2.56 bits per heavy atom. The predicted octanol–water partition coefficient (Wildman–Crippen LogP) is 6.30. The fraction of sp³-hybridized carbons (Fsp3) is 0.375. The number of fused-ring (bicyclic) bond motifs is 2. The van der Waals surface area contributed by atoms with Crippen molar-refractivity contribution in [2.75, 3.05) is 16.8 Å². The van der Waals surface area contributed by atoms with E-state index >= 15 is 0 Å². The molecule has 2 aliphatic heterocycles. The van der Waals surface area contributed by atoms with Gasteiger partial charge in [-0.15, -0.1) is 0 Å². The van der Waals surface area contributed by atoms with Gasteiger partial charge in [0, 0.05) is 30.0 Å².